The highest BCUT2D eigenvalue weighted by Gasteiger charge is 2.18. The van der Waals surface area contributed by atoms with Gasteiger partial charge in [-0.15, -0.1) is 0 Å². The minimum absolute atomic E-state index is 0.540. The second-order valence-electron chi connectivity index (χ2n) is 5.30. The van der Waals surface area contributed by atoms with Crippen LogP contribution in [0.4, 0.5) is 5.95 Å². The molecule has 0 saturated heterocycles. The van der Waals surface area contributed by atoms with Gasteiger partial charge in [-0.3, -0.25) is 4.57 Å². The van der Waals surface area contributed by atoms with Crippen molar-refractivity contribution in [2.24, 2.45) is 0 Å². The number of nitrogens with one attached hydrogen (secondary N) is 1. The molecule has 0 amide bonds. The van der Waals surface area contributed by atoms with Gasteiger partial charge in [0.2, 0.25) is 5.95 Å². The molecule has 1 aliphatic carbocycles. The Morgan fingerprint density at radius 1 is 1.35 bits per heavy atom. The first-order chi connectivity index (χ1) is 9.63. The molecule has 20 heavy (non-hydrogen) atoms. The highest BCUT2D eigenvalue weighted by molar-refractivity contribution is 14.1. The number of aryl methyl sites for hydroxylation is 1. The van der Waals surface area contributed by atoms with Crippen LogP contribution < -0.4 is 5.32 Å². The smallest absolute Gasteiger partial charge is 0.208 e. The molecule has 106 valence electrons. The van der Waals surface area contributed by atoms with Crippen LogP contribution in [0.3, 0.4) is 0 Å². The SMILES string of the molecule is Cc1cn(-c2ccc(I)cc2Cl)c(NC2CCCC2)n1. The van der Waals surface area contributed by atoms with Gasteiger partial charge in [0.1, 0.15) is 0 Å². The summed E-state index contributed by atoms with van der Waals surface area (Å²) in [6, 6.07) is 6.63. The summed E-state index contributed by atoms with van der Waals surface area (Å²) < 4.78 is 3.20. The number of halogens is 2. The second-order valence-corrected chi connectivity index (χ2v) is 6.95. The van der Waals surface area contributed by atoms with Gasteiger partial charge in [-0.2, -0.15) is 0 Å². The molecule has 1 aliphatic rings. The van der Waals surface area contributed by atoms with Crippen LogP contribution in [0.15, 0.2) is 24.4 Å². The lowest BCUT2D eigenvalue weighted by Gasteiger charge is -2.15. The van der Waals surface area contributed by atoms with Gasteiger partial charge in [-0.25, -0.2) is 4.98 Å². The van der Waals surface area contributed by atoms with E-state index in [-0.39, 0.29) is 0 Å². The predicted molar refractivity (Wildman–Crippen MR) is 91.9 cm³/mol. The lowest BCUT2D eigenvalue weighted by Crippen LogP contribution is -2.17. The first kappa shape index (κ1) is 14.2. The van der Waals surface area contributed by atoms with Crippen LogP contribution in [-0.2, 0) is 0 Å². The van der Waals surface area contributed by atoms with E-state index in [4.69, 9.17) is 11.6 Å². The lowest BCUT2D eigenvalue weighted by molar-refractivity contribution is 0.740. The highest BCUT2D eigenvalue weighted by atomic mass is 127. The van der Waals surface area contributed by atoms with Gasteiger partial charge in [0.15, 0.2) is 0 Å². The molecule has 1 aromatic carbocycles. The van der Waals surface area contributed by atoms with Gasteiger partial charge in [-0.05, 0) is 60.6 Å². The van der Waals surface area contributed by atoms with Crippen LogP contribution in [-0.4, -0.2) is 15.6 Å². The zero-order valence-electron chi connectivity index (χ0n) is 11.4. The third-order valence-corrected chi connectivity index (χ3v) is 4.66. The van der Waals surface area contributed by atoms with Crippen molar-refractivity contribution in [1.82, 2.24) is 9.55 Å². The molecule has 1 aromatic heterocycles. The summed E-state index contributed by atoms with van der Waals surface area (Å²) in [5.74, 6) is 0.900. The van der Waals surface area contributed by atoms with Crippen LogP contribution in [0, 0.1) is 10.5 Å². The van der Waals surface area contributed by atoms with E-state index >= 15 is 0 Å². The summed E-state index contributed by atoms with van der Waals surface area (Å²) >= 11 is 8.65. The number of nitrogens with zero attached hydrogens (tertiary/aromatic N) is 2. The predicted octanol–water partition coefficient (Wildman–Crippen LogP) is 4.79. The fourth-order valence-corrected chi connectivity index (χ4v) is 3.66. The highest BCUT2D eigenvalue weighted by Crippen LogP contribution is 2.28. The molecule has 3 rings (SSSR count). The maximum Gasteiger partial charge on any atom is 0.208 e. The summed E-state index contributed by atoms with van der Waals surface area (Å²) in [7, 11) is 0. The molecule has 0 aliphatic heterocycles. The molecule has 0 radical (unpaired) electrons. The molecule has 3 nitrogen and oxygen atoms in total. The van der Waals surface area contributed by atoms with Crippen LogP contribution in [0.1, 0.15) is 31.4 Å². The Balaban J connectivity index is 1.95. The van der Waals surface area contributed by atoms with Gasteiger partial charge >= 0.3 is 0 Å². The fraction of sp³-hybridized carbons (Fsp3) is 0.400. The fourth-order valence-electron chi connectivity index (χ4n) is 2.71. The Hall–Kier alpha value is -0.750. The maximum absolute atomic E-state index is 6.38. The zero-order chi connectivity index (χ0) is 14.1. The summed E-state index contributed by atoms with van der Waals surface area (Å²) in [6.45, 7) is 2.01. The van der Waals surface area contributed by atoms with E-state index in [2.05, 4.69) is 43.5 Å². The van der Waals surface area contributed by atoms with Crippen LogP contribution >= 0.6 is 34.2 Å². The van der Waals surface area contributed by atoms with Gasteiger partial charge in [0.05, 0.1) is 16.4 Å². The topological polar surface area (TPSA) is 29.9 Å². The standard InChI is InChI=1S/C15H17ClIN3/c1-10-9-20(14-7-6-11(17)8-13(14)16)15(18-10)19-12-4-2-3-5-12/h6-9,12H,2-5H2,1H3,(H,18,19). The normalized spacial score (nSPS) is 15.8. The van der Waals surface area contributed by atoms with E-state index in [1.54, 1.807) is 0 Å². The van der Waals surface area contributed by atoms with E-state index in [9.17, 15) is 0 Å². The van der Waals surface area contributed by atoms with Crippen molar-refractivity contribution in [2.45, 2.75) is 38.6 Å². The molecule has 1 saturated carbocycles. The Bertz CT molecular complexity index is 618. The van der Waals surface area contributed by atoms with Gasteiger partial charge in [0, 0.05) is 15.8 Å². The quantitative estimate of drug-likeness (QED) is 0.749. The van der Waals surface area contributed by atoms with Crippen LogP contribution in [0.2, 0.25) is 5.02 Å². The molecular weight excluding hydrogens is 385 g/mol. The summed E-state index contributed by atoms with van der Waals surface area (Å²) in [4.78, 5) is 4.61. The van der Waals surface area contributed by atoms with Crippen molar-refractivity contribution in [3.63, 3.8) is 0 Å². The molecule has 1 heterocycles. The average molecular weight is 402 g/mol. The third-order valence-electron chi connectivity index (χ3n) is 3.68. The zero-order valence-corrected chi connectivity index (χ0v) is 14.3. The van der Waals surface area contributed by atoms with Crippen molar-refractivity contribution >= 4 is 40.1 Å². The maximum atomic E-state index is 6.38. The van der Waals surface area contributed by atoms with E-state index in [0.717, 1.165) is 25.9 Å². The number of aromatic nitrogens is 2. The number of imidazole rings is 1. The second kappa shape index (κ2) is 5.93. The minimum Gasteiger partial charge on any atom is -0.353 e. The number of hydrogen-bond acceptors (Lipinski definition) is 2. The lowest BCUT2D eigenvalue weighted by atomic mass is 10.2. The van der Waals surface area contributed by atoms with Gasteiger partial charge < -0.3 is 5.32 Å². The van der Waals surface area contributed by atoms with E-state index in [1.807, 2.05) is 25.3 Å². The number of benzene rings is 1. The van der Waals surface area contributed by atoms with Crippen LogP contribution in [0.25, 0.3) is 5.69 Å². The molecule has 1 fully saturated rings. The third kappa shape index (κ3) is 2.96. The molecule has 0 bridgehead atoms. The largest absolute Gasteiger partial charge is 0.353 e. The van der Waals surface area contributed by atoms with Crippen molar-refractivity contribution in [3.8, 4) is 5.69 Å². The number of rotatable bonds is 3. The van der Waals surface area contributed by atoms with Gasteiger partial charge in [0.25, 0.3) is 0 Å². The molecule has 0 atom stereocenters. The van der Waals surface area contributed by atoms with Gasteiger partial charge in [-0.1, -0.05) is 24.4 Å². The van der Waals surface area contributed by atoms with E-state index in [1.165, 1.54) is 25.7 Å². The Labute approximate surface area is 137 Å². The molecule has 0 unspecified atom stereocenters. The van der Waals surface area contributed by atoms with Crippen LogP contribution in [0.5, 0.6) is 0 Å². The summed E-state index contributed by atoms with van der Waals surface area (Å²) in [5.41, 5.74) is 1.98. The summed E-state index contributed by atoms with van der Waals surface area (Å²) in [5, 5.41) is 4.32. The molecular formula is C15H17ClIN3. The molecule has 0 spiro atoms. The molecule has 5 heteroatoms. The Kier molecular flexibility index (Phi) is 4.21. The first-order valence-corrected chi connectivity index (χ1v) is 8.37. The molecule has 1 N–H and O–H groups in total. The average Bonchev–Trinajstić information content (AvgIpc) is 3.00. The summed E-state index contributed by atoms with van der Waals surface area (Å²) in [6.07, 6.45) is 7.10. The Morgan fingerprint density at radius 3 is 2.80 bits per heavy atom. The van der Waals surface area contributed by atoms with E-state index in [0.29, 0.717) is 6.04 Å². The number of anilines is 1. The van der Waals surface area contributed by atoms with Crippen molar-refractivity contribution in [3.05, 3.63) is 38.7 Å². The van der Waals surface area contributed by atoms with Crippen molar-refractivity contribution in [2.75, 3.05) is 5.32 Å². The number of hydrogen-bond donors (Lipinski definition) is 1. The molecule has 2 aromatic rings. The minimum atomic E-state index is 0.540. The monoisotopic (exact) mass is 401 g/mol. The first-order valence-electron chi connectivity index (χ1n) is 6.91. The van der Waals surface area contributed by atoms with E-state index < -0.39 is 0 Å². The van der Waals surface area contributed by atoms with Crippen molar-refractivity contribution in [1.29, 1.82) is 0 Å². The van der Waals surface area contributed by atoms with Crippen molar-refractivity contribution < 1.29 is 0 Å². The Morgan fingerprint density at radius 2 is 2.10 bits per heavy atom.